The van der Waals surface area contributed by atoms with Crippen LogP contribution >= 0.6 is 0 Å². The minimum Gasteiger partial charge on any atom is -0.375 e. The van der Waals surface area contributed by atoms with E-state index in [-0.39, 0.29) is 5.92 Å². The third kappa shape index (κ3) is 5.86. The maximum absolute atomic E-state index is 8.48. The van der Waals surface area contributed by atoms with Crippen molar-refractivity contribution in [1.82, 2.24) is 15.0 Å². The molecular formula is C23H28N4O. The van der Waals surface area contributed by atoms with E-state index in [0.29, 0.717) is 26.2 Å². The molecule has 146 valence electrons. The molecule has 0 saturated heterocycles. The van der Waals surface area contributed by atoms with Gasteiger partial charge in [0.05, 0.1) is 25.5 Å². The molecule has 3 aromatic rings. The lowest BCUT2D eigenvalue weighted by atomic mass is 9.89. The van der Waals surface area contributed by atoms with Crippen molar-refractivity contribution < 1.29 is 4.74 Å². The Balaban J connectivity index is 1.42. The molecule has 1 atom stereocenters. The zero-order valence-corrected chi connectivity index (χ0v) is 16.4. The van der Waals surface area contributed by atoms with Gasteiger partial charge in [-0.15, -0.1) is 5.10 Å². The zero-order chi connectivity index (χ0) is 19.6. The Morgan fingerprint density at radius 1 is 1.07 bits per heavy atom. The molecule has 0 radical (unpaired) electrons. The van der Waals surface area contributed by atoms with Gasteiger partial charge in [-0.1, -0.05) is 72.8 Å². The Morgan fingerprint density at radius 2 is 1.79 bits per heavy atom. The quantitative estimate of drug-likeness (QED) is 0.392. The molecule has 1 aromatic heterocycles. The summed E-state index contributed by atoms with van der Waals surface area (Å²) in [7, 11) is 0. The molecule has 1 heterocycles. The monoisotopic (exact) mass is 376 g/mol. The Labute approximate surface area is 166 Å². The lowest BCUT2D eigenvalue weighted by Crippen LogP contribution is -2.12. The fraction of sp³-hybridized carbons (Fsp3) is 0.348. The molecular weight excluding hydrogens is 348 g/mol. The van der Waals surface area contributed by atoms with Crippen molar-refractivity contribution in [3.05, 3.63) is 83.7 Å². The predicted octanol–water partition coefficient (Wildman–Crippen LogP) is 4.64. The summed E-state index contributed by atoms with van der Waals surface area (Å²) in [5.41, 5.74) is 4.07. The van der Waals surface area contributed by atoms with Crippen LogP contribution in [0, 0.1) is 5.41 Å². The van der Waals surface area contributed by atoms with E-state index in [1.807, 2.05) is 47.3 Å². The molecule has 3 rings (SSSR count). The van der Waals surface area contributed by atoms with Crippen LogP contribution in [0.4, 0.5) is 0 Å². The number of ether oxygens (including phenoxy) is 1. The summed E-state index contributed by atoms with van der Waals surface area (Å²) < 4.78 is 7.52. The van der Waals surface area contributed by atoms with Crippen LogP contribution in [-0.2, 0) is 24.3 Å². The number of nitrogens with zero attached hydrogens (tertiary/aromatic N) is 3. The normalized spacial score (nSPS) is 12.0. The number of aromatic nitrogens is 3. The molecule has 0 aliphatic carbocycles. The van der Waals surface area contributed by atoms with Gasteiger partial charge in [0.15, 0.2) is 0 Å². The minimum atomic E-state index is 0.183. The van der Waals surface area contributed by atoms with Crippen LogP contribution in [0.25, 0.3) is 0 Å². The van der Waals surface area contributed by atoms with E-state index in [0.717, 1.165) is 24.2 Å². The zero-order valence-electron chi connectivity index (χ0n) is 16.4. The standard InChI is InChI=1S/C23H28N4O/c1-2-22(20-11-7-4-8-12-20)23(24)14-13-21-17-27(26-25-21)15-16-28-18-19-9-5-3-6-10-19/h3-12,17,22,24H,2,13-16,18H2,1H3/t22-/m0/s1. The van der Waals surface area contributed by atoms with Crippen LogP contribution < -0.4 is 0 Å². The molecule has 0 aliphatic rings. The minimum absolute atomic E-state index is 0.183. The molecule has 28 heavy (non-hydrogen) atoms. The first-order valence-electron chi connectivity index (χ1n) is 9.89. The number of nitrogens with one attached hydrogen (secondary N) is 1. The van der Waals surface area contributed by atoms with Crippen molar-refractivity contribution >= 4 is 5.71 Å². The first-order chi connectivity index (χ1) is 13.8. The highest BCUT2D eigenvalue weighted by Gasteiger charge is 2.15. The number of hydrogen-bond acceptors (Lipinski definition) is 4. The van der Waals surface area contributed by atoms with Crippen molar-refractivity contribution in [1.29, 1.82) is 5.41 Å². The van der Waals surface area contributed by atoms with Crippen LogP contribution in [0.2, 0.25) is 0 Å². The first kappa shape index (κ1) is 20.0. The lowest BCUT2D eigenvalue weighted by molar-refractivity contribution is 0.110. The summed E-state index contributed by atoms with van der Waals surface area (Å²) in [5.74, 6) is 0.183. The fourth-order valence-electron chi connectivity index (χ4n) is 3.29. The molecule has 1 N–H and O–H groups in total. The number of rotatable bonds is 11. The second-order valence-corrected chi connectivity index (χ2v) is 6.91. The first-order valence-corrected chi connectivity index (χ1v) is 9.89. The molecule has 0 unspecified atom stereocenters. The SMILES string of the molecule is CC[C@H](C(=N)CCc1cn(CCOCc2ccccc2)nn1)c1ccccc1. The van der Waals surface area contributed by atoms with E-state index in [9.17, 15) is 0 Å². The Morgan fingerprint density at radius 3 is 2.50 bits per heavy atom. The summed E-state index contributed by atoms with van der Waals surface area (Å²) >= 11 is 0. The fourth-order valence-corrected chi connectivity index (χ4v) is 3.29. The third-order valence-electron chi connectivity index (χ3n) is 4.84. The summed E-state index contributed by atoms with van der Waals surface area (Å²) in [5, 5.41) is 16.9. The van der Waals surface area contributed by atoms with Crippen LogP contribution in [-0.4, -0.2) is 27.3 Å². The third-order valence-corrected chi connectivity index (χ3v) is 4.84. The molecule has 0 aliphatic heterocycles. The van der Waals surface area contributed by atoms with Gasteiger partial charge in [0.2, 0.25) is 0 Å². The van der Waals surface area contributed by atoms with E-state index in [4.69, 9.17) is 10.1 Å². The van der Waals surface area contributed by atoms with Gasteiger partial charge in [0, 0.05) is 17.8 Å². The van der Waals surface area contributed by atoms with Gasteiger partial charge in [0.1, 0.15) is 0 Å². The highest BCUT2D eigenvalue weighted by molar-refractivity contribution is 5.88. The molecule has 0 saturated carbocycles. The smallest absolute Gasteiger partial charge is 0.0830 e. The summed E-state index contributed by atoms with van der Waals surface area (Å²) in [4.78, 5) is 0. The van der Waals surface area contributed by atoms with Gasteiger partial charge in [-0.05, 0) is 30.4 Å². The van der Waals surface area contributed by atoms with Crippen molar-refractivity contribution in [2.24, 2.45) is 0 Å². The molecule has 0 fully saturated rings. The predicted molar refractivity (Wildman–Crippen MR) is 112 cm³/mol. The van der Waals surface area contributed by atoms with Crippen molar-refractivity contribution in [3.63, 3.8) is 0 Å². The van der Waals surface area contributed by atoms with Gasteiger partial charge >= 0.3 is 0 Å². The summed E-state index contributed by atoms with van der Waals surface area (Å²) in [6.45, 7) is 4.02. The number of benzene rings is 2. The van der Waals surface area contributed by atoms with Crippen molar-refractivity contribution in [2.75, 3.05) is 6.61 Å². The Bertz CT molecular complexity index is 845. The molecule has 0 bridgehead atoms. The van der Waals surface area contributed by atoms with Gasteiger partial charge in [-0.2, -0.15) is 0 Å². The van der Waals surface area contributed by atoms with Crippen LogP contribution in [0.15, 0.2) is 66.9 Å². The molecule has 0 spiro atoms. The number of hydrogen-bond donors (Lipinski definition) is 1. The van der Waals surface area contributed by atoms with Gasteiger partial charge in [0.25, 0.3) is 0 Å². The lowest BCUT2D eigenvalue weighted by Gasteiger charge is -2.16. The molecule has 0 amide bonds. The maximum Gasteiger partial charge on any atom is 0.0830 e. The Hall–Kier alpha value is -2.79. The van der Waals surface area contributed by atoms with E-state index >= 15 is 0 Å². The second kappa shape index (κ2) is 10.5. The van der Waals surface area contributed by atoms with Crippen LogP contribution in [0.5, 0.6) is 0 Å². The van der Waals surface area contributed by atoms with Gasteiger partial charge in [-0.25, -0.2) is 4.68 Å². The van der Waals surface area contributed by atoms with Crippen LogP contribution in [0.3, 0.4) is 0 Å². The number of aryl methyl sites for hydroxylation is 1. The van der Waals surface area contributed by atoms with Gasteiger partial charge in [-0.3, -0.25) is 0 Å². The van der Waals surface area contributed by atoms with Crippen molar-refractivity contribution in [2.45, 2.75) is 45.3 Å². The van der Waals surface area contributed by atoms with E-state index in [1.165, 1.54) is 11.1 Å². The second-order valence-electron chi connectivity index (χ2n) is 6.91. The van der Waals surface area contributed by atoms with E-state index in [2.05, 4.69) is 41.5 Å². The highest BCUT2D eigenvalue weighted by Crippen LogP contribution is 2.22. The van der Waals surface area contributed by atoms with Crippen LogP contribution in [0.1, 0.15) is 42.5 Å². The Kier molecular flexibility index (Phi) is 7.50. The highest BCUT2D eigenvalue weighted by atomic mass is 16.5. The largest absolute Gasteiger partial charge is 0.375 e. The summed E-state index contributed by atoms with van der Waals surface area (Å²) in [6, 6.07) is 20.4. The molecule has 5 heteroatoms. The van der Waals surface area contributed by atoms with Gasteiger partial charge < -0.3 is 10.1 Å². The van der Waals surface area contributed by atoms with E-state index in [1.54, 1.807) is 0 Å². The molecule has 2 aromatic carbocycles. The van der Waals surface area contributed by atoms with E-state index < -0.39 is 0 Å². The maximum atomic E-state index is 8.48. The average Bonchev–Trinajstić information content (AvgIpc) is 3.20. The summed E-state index contributed by atoms with van der Waals surface area (Å²) in [6.07, 6.45) is 4.35. The molecule has 5 nitrogen and oxygen atoms in total. The topological polar surface area (TPSA) is 63.8 Å². The van der Waals surface area contributed by atoms with Crippen molar-refractivity contribution in [3.8, 4) is 0 Å². The average molecular weight is 377 g/mol.